The van der Waals surface area contributed by atoms with Crippen LogP contribution in [0.25, 0.3) is 11.3 Å². The molecule has 5 heteroatoms. The lowest BCUT2D eigenvalue weighted by molar-refractivity contribution is 0.397. The summed E-state index contributed by atoms with van der Waals surface area (Å²) in [5.74, 6) is -0.139. The average Bonchev–Trinajstić information content (AvgIpc) is 2.32. The lowest BCUT2D eigenvalue weighted by Crippen LogP contribution is -1.92. The Balaban J connectivity index is 2.53. The SMILES string of the molecule is COc1cc(-c2cc(O)ccc2F)ncn1. The predicted octanol–water partition coefficient (Wildman–Crippen LogP) is 2.00. The van der Waals surface area contributed by atoms with Gasteiger partial charge in [-0.05, 0) is 18.2 Å². The van der Waals surface area contributed by atoms with Crippen LogP contribution in [0.2, 0.25) is 0 Å². The van der Waals surface area contributed by atoms with Crippen molar-refractivity contribution >= 4 is 0 Å². The lowest BCUT2D eigenvalue weighted by atomic mass is 10.1. The van der Waals surface area contributed by atoms with Gasteiger partial charge >= 0.3 is 0 Å². The molecule has 0 radical (unpaired) electrons. The van der Waals surface area contributed by atoms with E-state index in [1.54, 1.807) is 0 Å². The van der Waals surface area contributed by atoms with Crippen LogP contribution in [-0.4, -0.2) is 22.2 Å². The summed E-state index contributed by atoms with van der Waals surface area (Å²) in [7, 11) is 1.46. The van der Waals surface area contributed by atoms with Crippen LogP contribution in [0.3, 0.4) is 0 Å². The van der Waals surface area contributed by atoms with E-state index in [2.05, 4.69) is 9.97 Å². The highest BCUT2D eigenvalue weighted by atomic mass is 19.1. The molecule has 2 rings (SSSR count). The van der Waals surface area contributed by atoms with Gasteiger partial charge in [-0.15, -0.1) is 0 Å². The topological polar surface area (TPSA) is 55.2 Å². The molecule has 1 aromatic heterocycles. The van der Waals surface area contributed by atoms with E-state index in [-0.39, 0.29) is 11.3 Å². The van der Waals surface area contributed by atoms with Gasteiger partial charge in [0.2, 0.25) is 5.88 Å². The summed E-state index contributed by atoms with van der Waals surface area (Å²) in [6, 6.07) is 5.26. The Bertz CT molecular complexity index is 517. The standard InChI is InChI=1S/C11H9FN2O2/c1-16-11-5-10(13-6-14-11)8-4-7(15)2-3-9(8)12/h2-6,15H,1H3. The molecule has 82 valence electrons. The van der Waals surface area contributed by atoms with E-state index in [4.69, 9.17) is 4.74 Å². The minimum atomic E-state index is -0.460. The molecule has 0 aliphatic carbocycles. The van der Waals surface area contributed by atoms with Crippen LogP contribution >= 0.6 is 0 Å². The van der Waals surface area contributed by atoms with Gasteiger partial charge in [0.15, 0.2) is 0 Å². The van der Waals surface area contributed by atoms with Crippen molar-refractivity contribution in [2.45, 2.75) is 0 Å². The fraction of sp³-hybridized carbons (Fsp3) is 0.0909. The number of halogens is 1. The van der Waals surface area contributed by atoms with Crippen molar-refractivity contribution in [3.8, 4) is 22.9 Å². The molecule has 4 nitrogen and oxygen atoms in total. The molecular formula is C11H9FN2O2. The number of nitrogens with zero attached hydrogens (tertiary/aromatic N) is 2. The number of aromatic hydroxyl groups is 1. The van der Waals surface area contributed by atoms with E-state index in [0.717, 1.165) is 0 Å². The van der Waals surface area contributed by atoms with E-state index < -0.39 is 5.82 Å². The average molecular weight is 220 g/mol. The van der Waals surface area contributed by atoms with Crippen molar-refractivity contribution in [3.05, 3.63) is 36.4 Å². The van der Waals surface area contributed by atoms with E-state index in [0.29, 0.717) is 11.6 Å². The molecule has 1 heterocycles. The summed E-state index contributed by atoms with van der Waals surface area (Å²) < 4.78 is 18.4. The molecule has 1 N–H and O–H groups in total. The third-order valence-electron chi connectivity index (χ3n) is 2.08. The number of phenolic OH excluding ortho intramolecular Hbond substituents is 1. The van der Waals surface area contributed by atoms with E-state index in [9.17, 15) is 9.50 Å². The molecule has 0 aliphatic heterocycles. The second-order valence-corrected chi connectivity index (χ2v) is 3.11. The second kappa shape index (κ2) is 4.14. The minimum Gasteiger partial charge on any atom is -0.508 e. The van der Waals surface area contributed by atoms with Crippen LogP contribution in [0.1, 0.15) is 0 Å². The maximum absolute atomic E-state index is 13.5. The van der Waals surface area contributed by atoms with Crippen LogP contribution in [0.5, 0.6) is 11.6 Å². The molecule has 0 saturated carbocycles. The van der Waals surface area contributed by atoms with E-state index in [1.165, 1.54) is 37.7 Å². The van der Waals surface area contributed by atoms with E-state index in [1.807, 2.05) is 0 Å². The van der Waals surface area contributed by atoms with Crippen LogP contribution in [0.15, 0.2) is 30.6 Å². The molecule has 1 aromatic carbocycles. The van der Waals surface area contributed by atoms with Crippen LogP contribution < -0.4 is 4.74 Å². The van der Waals surface area contributed by atoms with Crippen molar-refractivity contribution in [2.75, 3.05) is 7.11 Å². The third-order valence-corrected chi connectivity index (χ3v) is 2.08. The predicted molar refractivity (Wildman–Crippen MR) is 55.6 cm³/mol. The van der Waals surface area contributed by atoms with Crippen LogP contribution in [0.4, 0.5) is 4.39 Å². The molecule has 0 unspecified atom stereocenters. The van der Waals surface area contributed by atoms with Crippen molar-refractivity contribution in [1.29, 1.82) is 0 Å². The van der Waals surface area contributed by atoms with Crippen LogP contribution in [0, 0.1) is 5.82 Å². The Hall–Kier alpha value is -2.17. The number of methoxy groups -OCH3 is 1. The largest absolute Gasteiger partial charge is 0.508 e. The van der Waals surface area contributed by atoms with Gasteiger partial charge < -0.3 is 9.84 Å². The summed E-state index contributed by atoms with van der Waals surface area (Å²) in [4.78, 5) is 7.73. The summed E-state index contributed by atoms with van der Waals surface area (Å²) in [6.45, 7) is 0. The minimum absolute atomic E-state index is 0.0195. The Kier molecular flexibility index (Phi) is 2.68. The number of ether oxygens (including phenoxy) is 1. The highest BCUT2D eigenvalue weighted by Crippen LogP contribution is 2.26. The third kappa shape index (κ3) is 1.93. The first-order valence-corrected chi connectivity index (χ1v) is 4.55. The van der Waals surface area contributed by atoms with Gasteiger partial charge in [0.05, 0.1) is 12.8 Å². The number of hydrogen-bond donors (Lipinski definition) is 1. The number of phenols is 1. The molecule has 0 atom stereocenters. The lowest BCUT2D eigenvalue weighted by Gasteiger charge is -2.04. The smallest absolute Gasteiger partial charge is 0.216 e. The Morgan fingerprint density at radius 1 is 1.25 bits per heavy atom. The summed E-state index contributed by atoms with van der Waals surface area (Å²) in [6.07, 6.45) is 1.28. The van der Waals surface area contributed by atoms with Gasteiger partial charge in [-0.1, -0.05) is 0 Å². The van der Waals surface area contributed by atoms with Gasteiger partial charge in [0, 0.05) is 11.6 Å². The van der Waals surface area contributed by atoms with Crippen molar-refractivity contribution in [3.63, 3.8) is 0 Å². The molecule has 0 aliphatic rings. The normalized spacial score (nSPS) is 10.1. The zero-order valence-electron chi connectivity index (χ0n) is 8.51. The molecule has 16 heavy (non-hydrogen) atoms. The van der Waals surface area contributed by atoms with E-state index >= 15 is 0 Å². The second-order valence-electron chi connectivity index (χ2n) is 3.11. The highest BCUT2D eigenvalue weighted by Gasteiger charge is 2.08. The first-order chi connectivity index (χ1) is 7.70. The van der Waals surface area contributed by atoms with Crippen molar-refractivity contribution < 1.29 is 14.2 Å². The molecule has 0 bridgehead atoms. The molecule has 0 amide bonds. The van der Waals surface area contributed by atoms with Gasteiger partial charge in [-0.25, -0.2) is 14.4 Å². The quantitative estimate of drug-likeness (QED) is 0.840. The first kappa shape index (κ1) is 10.4. The summed E-state index contributed by atoms with van der Waals surface area (Å²) in [5, 5.41) is 9.28. The molecule has 2 aromatic rings. The molecule has 0 fully saturated rings. The van der Waals surface area contributed by atoms with Crippen LogP contribution in [-0.2, 0) is 0 Å². The Morgan fingerprint density at radius 2 is 2.06 bits per heavy atom. The Labute approximate surface area is 91.4 Å². The van der Waals surface area contributed by atoms with Crippen molar-refractivity contribution in [1.82, 2.24) is 9.97 Å². The molecular weight excluding hydrogens is 211 g/mol. The fourth-order valence-electron chi connectivity index (χ4n) is 1.31. The maximum atomic E-state index is 13.5. The van der Waals surface area contributed by atoms with Crippen molar-refractivity contribution in [2.24, 2.45) is 0 Å². The zero-order valence-corrected chi connectivity index (χ0v) is 8.51. The number of aromatic nitrogens is 2. The zero-order chi connectivity index (χ0) is 11.5. The number of rotatable bonds is 2. The van der Waals surface area contributed by atoms with Gasteiger partial charge in [-0.2, -0.15) is 0 Å². The summed E-state index contributed by atoms with van der Waals surface area (Å²) in [5.41, 5.74) is 0.570. The summed E-state index contributed by atoms with van der Waals surface area (Å²) >= 11 is 0. The number of hydrogen-bond acceptors (Lipinski definition) is 4. The maximum Gasteiger partial charge on any atom is 0.216 e. The van der Waals surface area contributed by atoms with Gasteiger partial charge in [0.1, 0.15) is 17.9 Å². The number of benzene rings is 1. The Morgan fingerprint density at radius 3 is 2.81 bits per heavy atom. The molecule has 0 spiro atoms. The monoisotopic (exact) mass is 220 g/mol. The van der Waals surface area contributed by atoms with Gasteiger partial charge in [0.25, 0.3) is 0 Å². The highest BCUT2D eigenvalue weighted by molar-refractivity contribution is 5.62. The first-order valence-electron chi connectivity index (χ1n) is 4.55. The fourth-order valence-corrected chi connectivity index (χ4v) is 1.31. The van der Waals surface area contributed by atoms with Gasteiger partial charge in [-0.3, -0.25) is 0 Å². The molecule has 0 saturated heterocycles.